The molecule has 3 heterocycles. The third-order valence-corrected chi connectivity index (χ3v) is 4.15. The predicted octanol–water partition coefficient (Wildman–Crippen LogP) is 0.0213. The molecule has 0 amide bonds. The largest absolute Gasteiger partial charge is 0.383 e. The molecule has 2 fully saturated rings. The molecular weight excluding hydrogens is 280 g/mol. The van der Waals surface area contributed by atoms with Crippen LogP contribution in [-0.4, -0.2) is 75.9 Å². The second-order valence-electron chi connectivity index (χ2n) is 5.38. The zero-order valence-corrected chi connectivity index (χ0v) is 12.8. The van der Waals surface area contributed by atoms with Gasteiger partial charge in [-0.3, -0.25) is 9.80 Å². The molecule has 1 atom stereocenters. The highest BCUT2D eigenvalue weighted by molar-refractivity contribution is 5.85. The Morgan fingerprint density at radius 2 is 2.20 bits per heavy atom. The number of halogens is 1. The summed E-state index contributed by atoms with van der Waals surface area (Å²) < 4.78 is 6.93. The van der Waals surface area contributed by atoms with Crippen LogP contribution in [0.5, 0.6) is 0 Å². The minimum atomic E-state index is 0. The first-order valence-corrected chi connectivity index (χ1v) is 7.07. The molecule has 1 unspecified atom stereocenters. The van der Waals surface area contributed by atoms with Gasteiger partial charge in [0.2, 0.25) is 0 Å². The maximum Gasteiger partial charge on any atom is 0.165 e. The molecule has 0 N–H and O–H groups in total. The summed E-state index contributed by atoms with van der Waals surface area (Å²) in [5, 5.41) is 11.9. The van der Waals surface area contributed by atoms with Crippen molar-refractivity contribution < 1.29 is 4.74 Å². The number of methoxy groups -OCH3 is 1. The van der Waals surface area contributed by atoms with Gasteiger partial charge in [0.25, 0.3) is 0 Å². The van der Waals surface area contributed by atoms with Gasteiger partial charge >= 0.3 is 0 Å². The molecule has 1 aromatic heterocycles. The van der Waals surface area contributed by atoms with E-state index in [1.807, 2.05) is 4.68 Å². The Labute approximate surface area is 125 Å². The standard InChI is InChI=1S/C12H22N6O.ClH/c1-19-8-7-18-12(13-14-15-18)10-16-5-6-17-4-2-3-11(17)9-16;/h11H,2-10H2,1H3;1H. The van der Waals surface area contributed by atoms with Crippen molar-refractivity contribution in [2.45, 2.75) is 32.0 Å². The van der Waals surface area contributed by atoms with Crippen LogP contribution in [0.15, 0.2) is 0 Å². The Kier molecular flexibility index (Phi) is 5.71. The minimum absolute atomic E-state index is 0. The van der Waals surface area contributed by atoms with E-state index in [4.69, 9.17) is 4.74 Å². The molecule has 8 heteroatoms. The number of aromatic nitrogens is 4. The molecule has 20 heavy (non-hydrogen) atoms. The maximum absolute atomic E-state index is 5.08. The van der Waals surface area contributed by atoms with Gasteiger partial charge < -0.3 is 4.74 Å². The van der Waals surface area contributed by atoms with E-state index in [1.165, 1.54) is 25.9 Å². The first-order valence-electron chi connectivity index (χ1n) is 7.07. The minimum Gasteiger partial charge on any atom is -0.383 e. The molecule has 7 nitrogen and oxygen atoms in total. The fourth-order valence-corrected chi connectivity index (χ4v) is 3.09. The summed E-state index contributed by atoms with van der Waals surface area (Å²) >= 11 is 0. The summed E-state index contributed by atoms with van der Waals surface area (Å²) in [5.74, 6) is 0.948. The molecule has 2 saturated heterocycles. The van der Waals surface area contributed by atoms with Crippen LogP contribution in [0.3, 0.4) is 0 Å². The van der Waals surface area contributed by atoms with Crippen LogP contribution in [0.25, 0.3) is 0 Å². The predicted molar refractivity (Wildman–Crippen MR) is 76.8 cm³/mol. The number of hydrogen-bond donors (Lipinski definition) is 0. The normalized spacial score (nSPS) is 23.6. The van der Waals surface area contributed by atoms with Crippen molar-refractivity contribution in [2.24, 2.45) is 0 Å². The molecule has 0 radical (unpaired) electrons. The summed E-state index contributed by atoms with van der Waals surface area (Å²) in [6, 6.07) is 0.747. The van der Waals surface area contributed by atoms with Gasteiger partial charge in [-0.25, -0.2) is 4.68 Å². The molecule has 0 saturated carbocycles. The summed E-state index contributed by atoms with van der Waals surface area (Å²) in [5.41, 5.74) is 0. The van der Waals surface area contributed by atoms with E-state index in [1.54, 1.807) is 7.11 Å². The number of nitrogens with zero attached hydrogens (tertiary/aromatic N) is 6. The smallest absolute Gasteiger partial charge is 0.165 e. The lowest BCUT2D eigenvalue weighted by Crippen LogP contribution is -2.49. The van der Waals surface area contributed by atoms with Gasteiger partial charge in [0.1, 0.15) is 0 Å². The Morgan fingerprint density at radius 3 is 3.05 bits per heavy atom. The highest BCUT2D eigenvalue weighted by Gasteiger charge is 2.30. The van der Waals surface area contributed by atoms with Crippen LogP contribution in [0.4, 0.5) is 0 Å². The van der Waals surface area contributed by atoms with Crippen molar-refractivity contribution in [1.82, 2.24) is 30.0 Å². The topological polar surface area (TPSA) is 59.3 Å². The van der Waals surface area contributed by atoms with Gasteiger partial charge in [-0.15, -0.1) is 17.5 Å². The van der Waals surface area contributed by atoms with Gasteiger partial charge in [-0.1, -0.05) is 0 Å². The molecule has 0 aromatic carbocycles. The highest BCUT2D eigenvalue weighted by Crippen LogP contribution is 2.22. The number of rotatable bonds is 5. The summed E-state index contributed by atoms with van der Waals surface area (Å²) in [6.45, 7) is 6.96. The monoisotopic (exact) mass is 302 g/mol. The second kappa shape index (κ2) is 7.31. The number of tetrazole rings is 1. The van der Waals surface area contributed by atoms with Gasteiger partial charge in [-0.2, -0.15) is 0 Å². The summed E-state index contributed by atoms with van der Waals surface area (Å²) in [7, 11) is 1.70. The molecular formula is C12H23ClN6O. The van der Waals surface area contributed by atoms with Crippen molar-refractivity contribution in [3.8, 4) is 0 Å². The van der Waals surface area contributed by atoms with Crippen LogP contribution >= 0.6 is 12.4 Å². The van der Waals surface area contributed by atoms with E-state index in [-0.39, 0.29) is 12.4 Å². The molecule has 1 aromatic rings. The van der Waals surface area contributed by atoms with E-state index in [0.717, 1.165) is 38.0 Å². The SMILES string of the molecule is COCCn1nnnc1CN1CCN2CCCC2C1.Cl. The van der Waals surface area contributed by atoms with Crippen LogP contribution in [-0.2, 0) is 17.8 Å². The van der Waals surface area contributed by atoms with Gasteiger partial charge in [0.15, 0.2) is 5.82 Å². The van der Waals surface area contributed by atoms with Crippen LogP contribution < -0.4 is 0 Å². The van der Waals surface area contributed by atoms with Crippen molar-refractivity contribution in [3.05, 3.63) is 5.82 Å². The number of hydrogen-bond acceptors (Lipinski definition) is 6. The Bertz CT molecular complexity index is 414. The van der Waals surface area contributed by atoms with E-state index in [2.05, 4.69) is 25.3 Å². The number of piperazine rings is 1. The quantitative estimate of drug-likeness (QED) is 0.764. The Morgan fingerprint density at radius 1 is 1.30 bits per heavy atom. The van der Waals surface area contributed by atoms with Gasteiger partial charge in [-0.05, 0) is 29.8 Å². The maximum atomic E-state index is 5.08. The number of ether oxygens (including phenoxy) is 1. The lowest BCUT2D eigenvalue weighted by Gasteiger charge is -2.37. The molecule has 3 rings (SSSR count). The van der Waals surface area contributed by atoms with Gasteiger partial charge in [0, 0.05) is 32.8 Å². The van der Waals surface area contributed by atoms with E-state index in [9.17, 15) is 0 Å². The lowest BCUT2D eigenvalue weighted by atomic mass is 10.1. The van der Waals surface area contributed by atoms with Crippen LogP contribution in [0, 0.1) is 0 Å². The van der Waals surface area contributed by atoms with Crippen molar-refractivity contribution >= 4 is 12.4 Å². The zero-order chi connectivity index (χ0) is 13.1. The van der Waals surface area contributed by atoms with Crippen LogP contribution in [0.2, 0.25) is 0 Å². The molecule has 0 bridgehead atoms. The highest BCUT2D eigenvalue weighted by atomic mass is 35.5. The summed E-state index contributed by atoms with van der Waals surface area (Å²) in [4.78, 5) is 5.09. The number of fused-ring (bicyclic) bond motifs is 1. The first-order chi connectivity index (χ1) is 9.36. The average molecular weight is 303 g/mol. The van der Waals surface area contributed by atoms with Crippen molar-refractivity contribution in [1.29, 1.82) is 0 Å². The Hall–Kier alpha value is -0.760. The van der Waals surface area contributed by atoms with Gasteiger partial charge in [0.05, 0.1) is 19.7 Å². The molecule has 0 aliphatic carbocycles. The van der Waals surface area contributed by atoms with E-state index >= 15 is 0 Å². The lowest BCUT2D eigenvalue weighted by molar-refractivity contribution is 0.0954. The molecule has 0 spiro atoms. The van der Waals surface area contributed by atoms with Crippen molar-refractivity contribution in [2.75, 3.05) is 39.9 Å². The average Bonchev–Trinajstić information content (AvgIpc) is 3.05. The summed E-state index contributed by atoms with van der Waals surface area (Å²) in [6.07, 6.45) is 2.69. The van der Waals surface area contributed by atoms with E-state index < -0.39 is 0 Å². The van der Waals surface area contributed by atoms with Crippen molar-refractivity contribution in [3.63, 3.8) is 0 Å². The van der Waals surface area contributed by atoms with E-state index in [0.29, 0.717) is 6.61 Å². The zero-order valence-electron chi connectivity index (χ0n) is 11.9. The Balaban J connectivity index is 0.00000147. The fraction of sp³-hybridized carbons (Fsp3) is 0.917. The second-order valence-corrected chi connectivity index (χ2v) is 5.38. The molecule has 2 aliphatic rings. The fourth-order valence-electron chi connectivity index (χ4n) is 3.09. The molecule has 114 valence electrons. The third kappa shape index (κ3) is 3.46. The van der Waals surface area contributed by atoms with Crippen LogP contribution in [0.1, 0.15) is 18.7 Å². The first kappa shape index (κ1) is 15.6. The third-order valence-electron chi connectivity index (χ3n) is 4.15. The molecule has 2 aliphatic heterocycles.